The lowest BCUT2D eigenvalue weighted by molar-refractivity contribution is -0.128. The minimum absolute atomic E-state index is 0.133. The van der Waals surface area contributed by atoms with Crippen molar-refractivity contribution in [1.29, 1.82) is 0 Å². The van der Waals surface area contributed by atoms with Gasteiger partial charge in [0, 0.05) is 45.5 Å². The van der Waals surface area contributed by atoms with Gasteiger partial charge in [0.15, 0.2) is 5.96 Å². The van der Waals surface area contributed by atoms with Crippen molar-refractivity contribution in [1.82, 2.24) is 20.5 Å². The Balaban J connectivity index is 1.48. The summed E-state index contributed by atoms with van der Waals surface area (Å²) in [5, 5.41) is 7.18. The van der Waals surface area contributed by atoms with Crippen LogP contribution in [0.5, 0.6) is 0 Å². The fraction of sp³-hybridized carbons (Fsp3) is 0.588. The predicted molar refractivity (Wildman–Crippen MR) is 100 cm³/mol. The number of hydrogen-bond acceptors (Lipinski definition) is 4. The van der Waals surface area contributed by atoms with E-state index >= 15 is 0 Å². The number of pyridine rings is 1. The molecule has 2 saturated heterocycles. The molecule has 3 rings (SSSR count). The topological polar surface area (TPSA) is 72.9 Å². The molecule has 3 heterocycles. The molecule has 0 radical (unpaired) electrons. The van der Waals surface area contributed by atoms with E-state index in [-0.39, 0.29) is 18.5 Å². The number of halogens is 1. The van der Waals surface area contributed by atoms with Crippen molar-refractivity contribution >= 4 is 29.3 Å². The van der Waals surface area contributed by atoms with E-state index in [2.05, 4.69) is 25.5 Å². The lowest BCUT2D eigenvalue weighted by atomic mass is 10.3. The van der Waals surface area contributed by atoms with E-state index in [1.807, 2.05) is 17.0 Å². The Labute approximate surface area is 153 Å². The first-order chi connectivity index (χ1) is 12.2. The Morgan fingerprint density at radius 3 is 2.92 bits per heavy atom. The number of nitrogens with one attached hydrogen (secondary N) is 2. The summed E-state index contributed by atoms with van der Waals surface area (Å²) >= 11 is 6.23. The maximum Gasteiger partial charge on any atom is 0.241 e. The summed E-state index contributed by atoms with van der Waals surface area (Å²) < 4.78 is 0. The van der Waals surface area contributed by atoms with Crippen molar-refractivity contribution in [2.24, 2.45) is 4.99 Å². The van der Waals surface area contributed by atoms with Crippen molar-refractivity contribution in [3.8, 4) is 0 Å². The molecular formula is C17H25ClN6O. The van der Waals surface area contributed by atoms with Gasteiger partial charge in [-0.15, -0.1) is 0 Å². The van der Waals surface area contributed by atoms with Crippen LogP contribution < -0.4 is 15.5 Å². The Kier molecular flexibility index (Phi) is 5.96. The maximum absolute atomic E-state index is 12.1. The highest BCUT2D eigenvalue weighted by Crippen LogP contribution is 2.25. The van der Waals surface area contributed by atoms with Crippen LogP contribution >= 0.6 is 11.6 Å². The number of hydrogen-bond donors (Lipinski definition) is 2. The third kappa shape index (κ3) is 4.54. The molecule has 2 fully saturated rings. The molecule has 1 unspecified atom stereocenters. The SMILES string of the molecule is CN=C(NCC(=O)N1CCCC1)NC1CCN(c2ncccc2Cl)C1. The van der Waals surface area contributed by atoms with Gasteiger partial charge in [0.2, 0.25) is 5.91 Å². The standard InChI is InChI=1S/C17H25ClN6O/c1-19-17(21-11-15(25)23-8-2-3-9-23)22-13-6-10-24(12-13)16-14(18)5-4-7-20-16/h4-5,7,13H,2-3,6,8-12H2,1H3,(H2,19,21,22). The van der Waals surface area contributed by atoms with Crippen LogP contribution in [0.4, 0.5) is 5.82 Å². The van der Waals surface area contributed by atoms with Gasteiger partial charge in [-0.3, -0.25) is 9.79 Å². The molecule has 0 spiro atoms. The van der Waals surface area contributed by atoms with Crippen LogP contribution in [0.15, 0.2) is 23.3 Å². The molecule has 1 aromatic rings. The van der Waals surface area contributed by atoms with E-state index < -0.39 is 0 Å². The monoisotopic (exact) mass is 364 g/mol. The predicted octanol–water partition coefficient (Wildman–Crippen LogP) is 1.10. The van der Waals surface area contributed by atoms with Gasteiger partial charge in [-0.05, 0) is 31.4 Å². The highest BCUT2D eigenvalue weighted by Gasteiger charge is 2.26. The number of nitrogens with zero attached hydrogens (tertiary/aromatic N) is 4. The molecule has 1 aromatic heterocycles. The number of anilines is 1. The Morgan fingerprint density at radius 2 is 2.20 bits per heavy atom. The Hall–Kier alpha value is -2.02. The largest absolute Gasteiger partial charge is 0.353 e. The van der Waals surface area contributed by atoms with E-state index in [0.717, 1.165) is 51.3 Å². The van der Waals surface area contributed by atoms with E-state index in [4.69, 9.17) is 11.6 Å². The van der Waals surface area contributed by atoms with E-state index in [0.29, 0.717) is 11.0 Å². The summed E-state index contributed by atoms with van der Waals surface area (Å²) in [6.45, 7) is 3.71. The number of carbonyl (C=O) groups is 1. The normalized spacial score (nSPS) is 20.9. The van der Waals surface area contributed by atoms with Gasteiger partial charge < -0.3 is 20.4 Å². The summed E-state index contributed by atoms with van der Waals surface area (Å²) in [5.74, 6) is 1.61. The van der Waals surface area contributed by atoms with Crippen LogP contribution in [0.1, 0.15) is 19.3 Å². The average Bonchev–Trinajstić information content (AvgIpc) is 3.30. The number of carbonyl (C=O) groups excluding carboxylic acids is 1. The van der Waals surface area contributed by atoms with Gasteiger partial charge in [-0.1, -0.05) is 11.6 Å². The van der Waals surface area contributed by atoms with Gasteiger partial charge >= 0.3 is 0 Å². The molecule has 1 atom stereocenters. The zero-order valence-electron chi connectivity index (χ0n) is 14.5. The highest BCUT2D eigenvalue weighted by molar-refractivity contribution is 6.32. The molecule has 2 N–H and O–H groups in total. The first-order valence-corrected chi connectivity index (χ1v) is 9.15. The lowest BCUT2D eigenvalue weighted by Crippen LogP contribution is -2.48. The molecule has 0 aromatic carbocycles. The number of amides is 1. The van der Waals surface area contributed by atoms with Gasteiger partial charge in [0.05, 0.1) is 11.6 Å². The molecule has 2 aliphatic rings. The number of likely N-dealkylation sites (tertiary alicyclic amines) is 1. The second-order valence-electron chi connectivity index (χ2n) is 6.40. The average molecular weight is 365 g/mol. The number of aromatic nitrogens is 1. The number of aliphatic imine (C=N–C) groups is 1. The zero-order chi connectivity index (χ0) is 17.6. The molecule has 7 nitrogen and oxygen atoms in total. The smallest absolute Gasteiger partial charge is 0.241 e. The lowest BCUT2D eigenvalue weighted by Gasteiger charge is -2.21. The van der Waals surface area contributed by atoms with Crippen LogP contribution in [0, 0.1) is 0 Å². The highest BCUT2D eigenvalue weighted by atomic mass is 35.5. The minimum Gasteiger partial charge on any atom is -0.353 e. The second-order valence-corrected chi connectivity index (χ2v) is 6.81. The Morgan fingerprint density at radius 1 is 1.40 bits per heavy atom. The van der Waals surface area contributed by atoms with Crippen molar-refractivity contribution in [3.63, 3.8) is 0 Å². The minimum atomic E-state index is 0.133. The van der Waals surface area contributed by atoms with Crippen molar-refractivity contribution in [2.75, 3.05) is 44.7 Å². The summed E-state index contributed by atoms with van der Waals surface area (Å²) in [7, 11) is 1.72. The zero-order valence-corrected chi connectivity index (χ0v) is 15.3. The fourth-order valence-electron chi connectivity index (χ4n) is 3.31. The first-order valence-electron chi connectivity index (χ1n) is 8.78. The summed E-state index contributed by atoms with van der Waals surface area (Å²) in [5.41, 5.74) is 0. The molecule has 2 aliphatic heterocycles. The third-order valence-corrected chi connectivity index (χ3v) is 4.95. The van der Waals surface area contributed by atoms with Crippen LogP contribution in [0.3, 0.4) is 0 Å². The van der Waals surface area contributed by atoms with Crippen LogP contribution in [0.2, 0.25) is 5.02 Å². The first kappa shape index (κ1) is 17.8. The maximum atomic E-state index is 12.1. The van der Waals surface area contributed by atoms with Gasteiger partial charge in [0.1, 0.15) is 5.82 Å². The Bertz CT molecular complexity index is 631. The fourth-order valence-corrected chi connectivity index (χ4v) is 3.55. The molecule has 0 bridgehead atoms. The van der Waals surface area contributed by atoms with E-state index in [1.165, 1.54) is 0 Å². The van der Waals surface area contributed by atoms with Crippen LogP contribution in [-0.2, 0) is 4.79 Å². The van der Waals surface area contributed by atoms with E-state index in [9.17, 15) is 4.79 Å². The van der Waals surface area contributed by atoms with Gasteiger partial charge in [-0.2, -0.15) is 0 Å². The summed E-state index contributed by atoms with van der Waals surface area (Å²) in [4.78, 5) is 24.8. The van der Waals surface area contributed by atoms with Crippen LogP contribution in [0.25, 0.3) is 0 Å². The number of guanidine groups is 1. The van der Waals surface area contributed by atoms with E-state index in [1.54, 1.807) is 13.2 Å². The third-order valence-electron chi connectivity index (χ3n) is 4.66. The quantitative estimate of drug-likeness (QED) is 0.618. The molecule has 136 valence electrons. The van der Waals surface area contributed by atoms with Crippen molar-refractivity contribution < 1.29 is 4.79 Å². The van der Waals surface area contributed by atoms with Gasteiger partial charge in [-0.25, -0.2) is 4.98 Å². The molecule has 8 heteroatoms. The molecule has 0 saturated carbocycles. The van der Waals surface area contributed by atoms with Crippen LogP contribution in [-0.4, -0.2) is 67.6 Å². The molecule has 1 amide bonds. The van der Waals surface area contributed by atoms with Crippen molar-refractivity contribution in [3.05, 3.63) is 23.4 Å². The molecular weight excluding hydrogens is 340 g/mol. The number of rotatable bonds is 4. The molecule has 25 heavy (non-hydrogen) atoms. The second kappa shape index (κ2) is 8.38. The summed E-state index contributed by atoms with van der Waals surface area (Å²) in [6, 6.07) is 3.93. The van der Waals surface area contributed by atoms with Crippen molar-refractivity contribution in [2.45, 2.75) is 25.3 Å². The van der Waals surface area contributed by atoms with Gasteiger partial charge in [0.25, 0.3) is 0 Å². The summed E-state index contributed by atoms with van der Waals surface area (Å²) in [6.07, 6.45) is 4.93. The molecule has 0 aliphatic carbocycles.